The third-order valence-electron chi connectivity index (χ3n) is 3.14. The van der Waals surface area contributed by atoms with Crippen LogP contribution in [-0.4, -0.2) is 37.9 Å². The predicted octanol–water partition coefficient (Wildman–Crippen LogP) is 1.83. The van der Waals surface area contributed by atoms with E-state index in [2.05, 4.69) is 5.32 Å². The fourth-order valence-corrected chi connectivity index (χ4v) is 1.85. The average Bonchev–Trinajstić information content (AvgIpc) is 3.14. The molecule has 1 amide bonds. The number of amides is 1. The van der Waals surface area contributed by atoms with Crippen molar-refractivity contribution in [2.75, 3.05) is 20.3 Å². The van der Waals surface area contributed by atoms with E-state index in [0.717, 1.165) is 0 Å². The quantitative estimate of drug-likeness (QED) is 0.586. The Balaban J connectivity index is 1.68. The Morgan fingerprint density at radius 2 is 1.88 bits per heavy atom. The lowest BCUT2D eigenvalue weighted by Crippen LogP contribution is -2.26. The minimum atomic E-state index is -0.573. The Bertz CT molecular complexity index is 690. The minimum Gasteiger partial charge on any atom is -0.497 e. The smallest absolute Gasteiger partial charge is 0.308 e. The van der Waals surface area contributed by atoms with Gasteiger partial charge in [-0.3, -0.25) is 14.4 Å². The summed E-state index contributed by atoms with van der Waals surface area (Å²) in [6, 6.07) is 9.60. The molecule has 0 saturated heterocycles. The summed E-state index contributed by atoms with van der Waals surface area (Å²) in [5.41, 5.74) is 0.426. The van der Waals surface area contributed by atoms with Crippen LogP contribution in [0.4, 0.5) is 0 Å². The fraction of sp³-hybridized carbons (Fsp3) is 0.235. The molecule has 0 fully saturated rings. The van der Waals surface area contributed by atoms with Crippen LogP contribution in [0.1, 0.15) is 27.3 Å². The van der Waals surface area contributed by atoms with Crippen molar-refractivity contribution in [1.82, 2.24) is 5.32 Å². The van der Waals surface area contributed by atoms with E-state index in [1.807, 2.05) is 0 Å². The maximum absolute atomic E-state index is 11.9. The van der Waals surface area contributed by atoms with E-state index in [-0.39, 0.29) is 31.1 Å². The van der Waals surface area contributed by atoms with Crippen LogP contribution in [0.25, 0.3) is 0 Å². The number of esters is 1. The summed E-state index contributed by atoms with van der Waals surface area (Å²) in [5, 5.41) is 2.52. The molecule has 0 aliphatic heterocycles. The van der Waals surface area contributed by atoms with Crippen LogP contribution in [0.5, 0.6) is 5.75 Å². The Morgan fingerprint density at radius 1 is 1.12 bits per heavy atom. The first kappa shape index (κ1) is 17.3. The zero-order valence-corrected chi connectivity index (χ0v) is 13.1. The molecule has 1 N–H and O–H groups in total. The molecule has 0 spiro atoms. The van der Waals surface area contributed by atoms with Gasteiger partial charge in [0.1, 0.15) is 5.75 Å². The highest BCUT2D eigenvalue weighted by Gasteiger charge is 2.12. The lowest BCUT2D eigenvalue weighted by atomic mass is 10.1. The van der Waals surface area contributed by atoms with Crippen LogP contribution in [0.3, 0.4) is 0 Å². The van der Waals surface area contributed by atoms with Gasteiger partial charge in [0.2, 0.25) is 0 Å². The molecule has 1 aromatic carbocycles. The summed E-state index contributed by atoms with van der Waals surface area (Å²) in [5.74, 6) is -0.502. The van der Waals surface area contributed by atoms with E-state index in [0.29, 0.717) is 11.3 Å². The molecular weight excluding hydrogens is 314 g/mol. The number of methoxy groups -OCH3 is 1. The van der Waals surface area contributed by atoms with Crippen molar-refractivity contribution in [1.29, 1.82) is 0 Å². The first-order chi connectivity index (χ1) is 11.6. The second-order valence-electron chi connectivity index (χ2n) is 4.80. The number of carbonyl (C=O) groups is 3. The van der Waals surface area contributed by atoms with Gasteiger partial charge >= 0.3 is 5.97 Å². The number of furan rings is 1. The number of benzene rings is 1. The molecule has 7 heteroatoms. The molecule has 0 bridgehead atoms. The molecule has 0 saturated carbocycles. The van der Waals surface area contributed by atoms with Gasteiger partial charge in [0.25, 0.3) is 5.91 Å². The lowest BCUT2D eigenvalue weighted by molar-refractivity contribution is -0.142. The zero-order valence-electron chi connectivity index (χ0n) is 13.1. The number of ketones is 1. The number of hydrogen-bond acceptors (Lipinski definition) is 6. The van der Waals surface area contributed by atoms with Crippen LogP contribution in [0.15, 0.2) is 47.1 Å². The van der Waals surface area contributed by atoms with Crippen LogP contribution < -0.4 is 10.1 Å². The molecular formula is C17H17NO6. The maximum atomic E-state index is 11.9. The lowest BCUT2D eigenvalue weighted by Gasteiger charge is -2.06. The summed E-state index contributed by atoms with van der Waals surface area (Å²) in [6.45, 7) is -0.258. The standard InChI is InChI=1S/C17H17NO6/c1-22-13-6-4-12(5-7-13)14(19)11-24-16(20)8-9-18-17(21)15-3-2-10-23-15/h2-7,10H,8-9,11H2,1H3,(H,18,21). The Kier molecular flexibility index (Phi) is 6.13. The van der Waals surface area contributed by atoms with Gasteiger partial charge in [-0.1, -0.05) is 0 Å². The largest absolute Gasteiger partial charge is 0.497 e. The van der Waals surface area contributed by atoms with Crippen molar-refractivity contribution in [3.8, 4) is 5.75 Å². The first-order valence-electron chi connectivity index (χ1n) is 7.24. The molecule has 24 heavy (non-hydrogen) atoms. The van der Waals surface area contributed by atoms with Gasteiger partial charge in [-0.25, -0.2) is 0 Å². The Labute approximate surface area is 138 Å². The second-order valence-corrected chi connectivity index (χ2v) is 4.80. The number of nitrogens with one attached hydrogen (secondary N) is 1. The van der Waals surface area contributed by atoms with Gasteiger partial charge in [0.15, 0.2) is 18.2 Å². The van der Waals surface area contributed by atoms with E-state index in [1.54, 1.807) is 30.3 Å². The van der Waals surface area contributed by atoms with Crippen molar-refractivity contribution in [2.24, 2.45) is 0 Å². The molecule has 0 aliphatic rings. The topological polar surface area (TPSA) is 94.8 Å². The first-order valence-corrected chi connectivity index (χ1v) is 7.24. The molecule has 2 aromatic rings. The number of hydrogen-bond donors (Lipinski definition) is 1. The number of rotatable bonds is 8. The minimum absolute atomic E-state index is 0.0393. The van der Waals surface area contributed by atoms with Crippen molar-refractivity contribution >= 4 is 17.7 Å². The molecule has 0 radical (unpaired) electrons. The van der Waals surface area contributed by atoms with Gasteiger partial charge in [-0.05, 0) is 36.4 Å². The molecule has 7 nitrogen and oxygen atoms in total. The highest BCUT2D eigenvalue weighted by molar-refractivity contribution is 5.98. The van der Waals surface area contributed by atoms with Crippen LogP contribution in [-0.2, 0) is 9.53 Å². The molecule has 0 atom stereocenters. The Morgan fingerprint density at radius 3 is 2.50 bits per heavy atom. The highest BCUT2D eigenvalue weighted by Crippen LogP contribution is 2.11. The van der Waals surface area contributed by atoms with Crippen molar-refractivity contribution in [3.05, 3.63) is 54.0 Å². The third kappa shape index (κ3) is 4.98. The fourth-order valence-electron chi connectivity index (χ4n) is 1.85. The van der Waals surface area contributed by atoms with Gasteiger partial charge in [0.05, 0.1) is 19.8 Å². The summed E-state index contributed by atoms with van der Waals surface area (Å²) in [7, 11) is 1.53. The normalized spacial score (nSPS) is 10.0. The summed E-state index contributed by atoms with van der Waals surface area (Å²) >= 11 is 0. The van der Waals surface area contributed by atoms with E-state index in [1.165, 1.54) is 19.4 Å². The van der Waals surface area contributed by atoms with Crippen molar-refractivity contribution in [2.45, 2.75) is 6.42 Å². The molecule has 0 unspecified atom stereocenters. The average molecular weight is 331 g/mol. The highest BCUT2D eigenvalue weighted by atomic mass is 16.5. The van der Waals surface area contributed by atoms with Gasteiger partial charge in [-0.15, -0.1) is 0 Å². The summed E-state index contributed by atoms with van der Waals surface area (Å²) in [4.78, 5) is 35.0. The molecule has 126 valence electrons. The Hall–Kier alpha value is -3.09. The molecule has 1 heterocycles. The second kappa shape index (κ2) is 8.52. The molecule has 1 aromatic heterocycles. The summed E-state index contributed by atoms with van der Waals surface area (Å²) < 4.78 is 14.8. The number of ether oxygens (including phenoxy) is 2. The molecule has 2 rings (SSSR count). The van der Waals surface area contributed by atoms with Crippen molar-refractivity contribution in [3.63, 3.8) is 0 Å². The SMILES string of the molecule is COc1ccc(C(=O)COC(=O)CCNC(=O)c2ccco2)cc1. The monoisotopic (exact) mass is 331 g/mol. The zero-order chi connectivity index (χ0) is 17.4. The van der Waals surface area contributed by atoms with Gasteiger partial charge < -0.3 is 19.2 Å². The number of carbonyl (C=O) groups excluding carboxylic acids is 3. The van der Waals surface area contributed by atoms with Crippen LogP contribution >= 0.6 is 0 Å². The maximum Gasteiger partial charge on any atom is 0.308 e. The van der Waals surface area contributed by atoms with Gasteiger partial charge in [0, 0.05) is 12.1 Å². The molecule has 0 aliphatic carbocycles. The van der Waals surface area contributed by atoms with E-state index in [9.17, 15) is 14.4 Å². The van der Waals surface area contributed by atoms with Crippen LogP contribution in [0.2, 0.25) is 0 Å². The van der Waals surface area contributed by atoms with Crippen LogP contribution in [0, 0.1) is 0 Å². The van der Waals surface area contributed by atoms with Gasteiger partial charge in [-0.2, -0.15) is 0 Å². The van der Waals surface area contributed by atoms with E-state index in [4.69, 9.17) is 13.9 Å². The van der Waals surface area contributed by atoms with E-state index < -0.39 is 11.9 Å². The number of Topliss-reactive ketones (excluding diaryl/α,β-unsaturated/α-hetero) is 1. The predicted molar refractivity (Wildman–Crippen MR) is 83.9 cm³/mol. The summed E-state index contributed by atoms with van der Waals surface area (Å²) in [6.07, 6.45) is 1.34. The van der Waals surface area contributed by atoms with Crippen molar-refractivity contribution < 1.29 is 28.3 Å². The van der Waals surface area contributed by atoms with E-state index >= 15 is 0 Å². The third-order valence-corrected chi connectivity index (χ3v) is 3.14.